The van der Waals surface area contributed by atoms with Crippen molar-refractivity contribution in [1.82, 2.24) is 10.6 Å². The van der Waals surface area contributed by atoms with Gasteiger partial charge in [-0.1, -0.05) is 0 Å². The second kappa shape index (κ2) is 7.21. The number of hydrogen-bond acceptors (Lipinski definition) is 5. The lowest BCUT2D eigenvalue weighted by Crippen LogP contribution is -2.45. The average Bonchev–Trinajstić information content (AvgIpc) is 2.30. The summed E-state index contributed by atoms with van der Waals surface area (Å²) in [5, 5.41) is 14.4. The van der Waals surface area contributed by atoms with Crippen LogP contribution in [0.5, 0.6) is 0 Å². The third kappa shape index (κ3) is 5.12. The fraction of sp³-hybridized carbons (Fsp3) is 0.800. The Bertz CT molecular complexity index is 265. The van der Waals surface area contributed by atoms with Crippen molar-refractivity contribution in [2.45, 2.75) is 18.6 Å². The van der Waals surface area contributed by atoms with Crippen molar-refractivity contribution < 1.29 is 24.2 Å². The molecule has 2 atom stereocenters. The topological polar surface area (TPSA) is 96.9 Å². The van der Waals surface area contributed by atoms with E-state index in [0.29, 0.717) is 13.2 Å². The molecular weight excluding hydrogens is 228 g/mol. The maximum Gasteiger partial charge on any atom is 0.334 e. The van der Waals surface area contributed by atoms with Gasteiger partial charge >= 0.3 is 5.97 Å². The molecule has 7 heteroatoms. The molecule has 3 N–H and O–H groups in total. The van der Waals surface area contributed by atoms with Crippen LogP contribution in [-0.2, 0) is 19.1 Å². The van der Waals surface area contributed by atoms with Gasteiger partial charge in [0.25, 0.3) is 0 Å². The van der Waals surface area contributed by atoms with Gasteiger partial charge in [0.1, 0.15) is 0 Å². The van der Waals surface area contributed by atoms with Gasteiger partial charge in [0.05, 0.1) is 19.8 Å². The van der Waals surface area contributed by atoms with Crippen molar-refractivity contribution in [3.63, 3.8) is 0 Å². The van der Waals surface area contributed by atoms with E-state index in [1.807, 2.05) is 0 Å². The SMILES string of the molecule is COC(CNC(=O)CC1COCCN1)C(=O)O. The maximum absolute atomic E-state index is 11.5. The second-order valence-electron chi connectivity index (χ2n) is 3.80. The number of carbonyl (C=O) groups excluding carboxylic acids is 1. The molecule has 1 amide bonds. The zero-order valence-electron chi connectivity index (χ0n) is 9.77. The summed E-state index contributed by atoms with van der Waals surface area (Å²) in [5.41, 5.74) is 0. The smallest absolute Gasteiger partial charge is 0.334 e. The molecular formula is C10H18N2O5. The molecule has 0 aromatic carbocycles. The number of nitrogens with one attached hydrogen (secondary N) is 2. The number of morpholine rings is 1. The first-order chi connectivity index (χ1) is 8.13. The Kier molecular flexibility index (Phi) is 5.88. The lowest BCUT2D eigenvalue weighted by atomic mass is 10.2. The van der Waals surface area contributed by atoms with Crippen LogP contribution < -0.4 is 10.6 Å². The fourth-order valence-electron chi connectivity index (χ4n) is 1.52. The summed E-state index contributed by atoms with van der Waals surface area (Å²) in [6.45, 7) is 1.86. The largest absolute Gasteiger partial charge is 0.479 e. The molecule has 0 aliphatic carbocycles. The van der Waals surface area contributed by atoms with E-state index in [-0.39, 0.29) is 24.9 Å². The molecule has 1 fully saturated rings. The lowest BCUT2D eigenvalue weighted by molar-refractivity contribution is -0.148. The van der Waals surface area contributed by atoms with Crippen LogP contribution >= 0.6 is 0 Å². The van der Waals surface area contributed by atoms with E-state index in [4.69, 9.17) is 14.6 Å². The zero-order chi connectivity index (χ0) is 12.7. The first-order valence-electron chi connectivity index (χ1n) is 5.47. The molecule has 0 aromatic heterocycles. The van der Waals surface area contributed by atoms with Crippen molar-refractivity contribution in [1.29, 1.82) is 0 Å². The van der Waals surface area contributed by atoms with E-state index in [1.54, 1.807) is 0 Å². The van der Waals surface area contributed by atoms with Crippen LogP contribution in [0.4, 0.5) is 0 Å². The summed E-state index contributed by atoms with van der Waals surface area (Å²) in [7, 11) is 1.29. The standard InChI is InChI=1S/C10H18N2O5/c1-16-8(10(14)15)5-12-9(13)4-7-6-17-3-2-11-7/h7-8,11H,2-6H2,1H3,(H,12,13)(H,14,15). The first kappa shape index (κ1) is 13.9. The highest BCUT2D eigenvalue weighted by molar-refractivity contribution is 5.78. The van der Waals surface area contributed by atoms with Crippen molar-refractivity contribution in [3.8, 4) is 0 Å². The molecule has 2 unspecified atom stereocenters. The van der Waals surface area contributed by atoms with Crippen LogP contribution in [0.15, 0.2) is 0 Å². The quantitative estimate of drug-likeness (QED) is 0.532. The monoisotopic (exact) mass is 246 g/mol. The summed E-state index contributed by atoms with van der Waals surface area (Å²) in [6.07, 6.45) is -0.731. The number of carboxylic acids is 1. The number of methoxy groups -OCH3 is 1. The molecule has 1 aliphatic heterocycles. The van der Waals surface area contributed by atoms with Crippen molar-refractivity contribution >= 4 is 11.9 Å². The Labute approximate surface area is 99.5 Å². The van der Waals surface area contributed by atoms with Gasteiger partial charge in [0.15, 0.2) is 6.10 Å². The molecule has 0 bridgehead atoms. The highest BCUT2D eigenvalue weighted by atomic mass is 16.5. The van der Waals surface area contributed by atoms with Crippen LogP contribution in [-0.4, -0.2) is 62.5 Å². The van der Waals surface area contributed by atoms with Gasteiger partial charge in [-0.2, -0.15) is 0 Å². The van der Waals surface area contributed by atoms with Gasteiger partial charge in [0.2, 0.25) is 5.91 Å². The van der Waals surface area contributed by atoms with Crippen LogP contribution in [0.2, 0.25) is 0 Å². The number of amides is 1. The summed E-state index contributed by atoms with van der Waals surface area (Å²) >= 11 is 0. The zero-order valence-corrected chi connectivity index (χ0v) is 9.77. The number of aliphatic carboxylic acids is 1. The number of carbonyl (C=O) groups is 2. The van der Waals surface area contributed by atoms with Gasteiger partial charge < -0.3 is 25.2 Å². The number of rotatable bonds is 6. The molecule has 0 radical (unpaired) electrons. The third-order valence-corrected chi connectivity index (χ3v) is 2.47. The predicted octanol–water partition coefficient (Wildman–Crippen LogP) is -1.42. The molecule has 98 valence electrons. The molecule has 0 aromatic rings. The van der Waals surface area contributed by atoms with Crippen molar-refractivity contribution in [2.75, 3.05) is 33.4 Å². The summed E-state index contributed by atoms with van der Waals surface area (Å²) in [6, 6.07) is -0.00503. The Hall–Kier alpha value is -1.18. The third-order valence-electron chi connectivity index (χ3n) is 2.47. The molecule has 0 saturated carbocycles. The van der Waals surface area contributed by atoms with Gasteiger partial charge in [-0.3, -0.25) is 4.79 Å². The summed E-state index contributed by atoms with van der Waals surface area (Å²) in [5.74, 6) is -1.30. The molecule has 0 spiro atoms. The molecule has 1 heterocycles. The highest BCUT2D eigenvalue weighted by Crippen LogP contribution is 1.98. The van der Waals surface area contributed by atoms with E-state index < -0.39 is 12.1 Å². The van der Waals surface area contributed by atoms with Crippen LogP contribution in [0.1, 0.15) is 6.42 Å². The van der Waals surface area contributed by atoms with Gasteiger partial charge in [-0.25, -0.2) is 4.79 Å². The minimum absolute atomic E-state index is 0.00503. The van der Waals surface area contributed by atoms with E-state index in [2.05, 4.69) is 10.6 Å². The van der Waals surface area contributed by atoms with E-state index in [1.165, 1.54) is 7.11 Å². The molecule has 7 nitrogen and oxygen atoms in total. The number of carboxylic acid groups (broad SMARTS) is 1. The second-order valence-corrected chi connectivity index (χ2v) is 3.80. The molecule has 1 saturated heterocycles. The van der Waals surface area contributed by atoms with Gasteiger partial charge in [-0.15, -0.1) is 0 Å². The minimum Gasteiger partial charge on any atom is -0.479 e. The first-order valence-corrected chi connectivity index (χ1v) is 5.47. The Balaban J connectivity index is 2.21. The Morgan fingerprint density at radius 1 is 1.65 bits per heavy atom. The van der Waals surface area contributed by atoms with E-state index in [9.17, 15) is 9.59 Å². The predicted molar refractivity (Wildman–Crippen MR) is 58.7 cm³/mol. The Morgan fingerprint density at radius 3 is 2.94 bits per heavy atom. The van der Waals surface area contributed by atoms with E-state index in [0.717, 1.165) is 6.54 Å². The Morgan fingerprint density at radius 2 is 2.41 bits per heavy atom. The van der Waals surface area contributed by atoms with E-state index >= 15 is 0 Å². The van der Waals surface area contributed by atoms with Crippen molar-refractivity contribution in [3.05, 3.63) is 0 Å². The molecule has 1 aliphatic rings. The minimum atomic E-state index is -1.09. The van der Waals surface area contributed by atoms with Crippen LogP contribution in [0.25, 0.3) is 0 Å². The van der Waals surface area contributed by atoms with Crippen molar-refractivity contribution in [2.24, 2.45) is 0 Å². The fourth-order valence-corrected chi connectivity index (χ4v) is 1.52. The number of ether oxygens (including phenoxy) is 2. The normalized spacial score (nSPS) is 21.8. The van der Waals surface area contributed by atoms with Crippen LogP contribution in [0.3, 0.4) is 0 Å². The summed E-state index contributed by atoms with van der Waals surface area (Å²) < 4.78 is 9.90. The lowest BCUT2D eigenvalue weighted by Gasteiger charge is -2.23. The van der Waals surface area contributed by atoms with Gasteiger partial charge in [-0.05, 0) is 0 Å². The number of hydrogen-bond donors (Lipinski definition) is 3. The molecule has 17 heavy (non-hydrogen) atoms. The maximum atomic E-state index is 11.5. The van der Waals surface area contributed by atoms with Gasteiger partial charge in [0, 0.05) is 26.1 Å². The average molecular weight is 246 g/mol. The highest BCUT2D eigenvalue weighted by Gasteiger charge is 2.20. The van der Waals surface area contributed by atoms with Crippen LogP contribution in [0, 0.1) is 0 Å². The molecule has 1 rings (SSSR count). The summed E-state index contributed by atoms with van der Waals surface area (Å²) in [4.78, 5) is 22.1.